The van der Waals surface area contributed by atoms with Gasteiger partial charge in [-0.25, -0.2) is 19.6 Å². The van der Waals surface area contributed by atoms with Crippen molar-refractivity contribution in [1.29, 1.82) is 0 Å². The minimum atomic E-state index is -0.532. The quantitative estimate of drug-likeness (QED) is 0.488. The van der Waals surface area contributed by atoms with Crippen molar-refractivity contribution in [3.63, 3.8) is 0 Å². The van der Waals surface area contributed by atoms with Crippen molar-refractivity contribution in [2.24, 2.45) is 0 Å². The number of hydrogen-bond acceptors (Lipinski definition) is 9. The minimum absolute atomic E-state index is 0.0318. The Morgan fingerprint density at radius 2 is 2.03 bits per heavy atom. The van der Waals surface area contributed by atoms with Crippen LogP contribution in [0.25, 0.3) is 5.57 Å². The normalized spacial score (nSPS) is 22.4. The Kier molecular flexibility index (Phi) is 10.1. The fourth-order valence-electron chi connectivity index (χ4n) is 4.45. The van der Waals surface area contributed by atoms with Crippen LogP contribution in [0.2, 0.25) is 0 Å². The third-order valence-electron chi connectivity index (χ3n) is 6.12. The summed E-state index contributed by atoms with van der Waals surface area (Å²) < 4.78 is 22.3. The largest absolute Gasteiger partial charge is 0.465 e. The van der Waals surface area contributed by atoms with Gasteiger partial charge in [0.15, 0.2) is 6.61 Å². The van der Waals surface area contributed by atoms with Crippen molar-refractivity contribution in [2.45, 2.75) is 90.5 Å². The summed E-state index contributed by atoms with van der Waals surface area (Å²) >= 11 is 0. The van der Waals surface area contributed by atoms with E-state index in [1.54, 1.807) is 6.92 Å². The molecule has 10 heteroatoms. The molecule has 2 aliphatic rings. The molecule has 1 aliphatic carbocycles. The predicted octanol–water partition coefficient (Wildman–Crippen LogP) is 3.32. The number of esters is 1. The summed E-state index contributed by atoms with van der Waals surface area (Å²) in [5, 5.41) is 6.48. The Bertz CT molecular complexity index is 929. The Hall–Kier alpha value is -2.72. The molecule has 1 unspecified atom stereocenters. The second-order valence-corrected chi connectivity index (χ2v) is 10.1. The van der Waals surface area contributed by atoms with Gasteiger partial charge in [-0.1, -0.05) is 6.08 Å². The third-order valence-corrected chi connectivity index (χ3v) is 6.12. The van der Waals surface area contributed by atoms with E-state index in [-0.39, 0.29) is 24.8 Å². The summed E-state index contributed by atoms with van der Waals surface area (Å²) in [6.45, 7) is 10.8. The first-order valence-electron chi connectivity index (χ1n) is 12.8. The number of alkyl carbamates (subject to hydrolysis) is 1. The van der Waals surface area contributed by atoms with Crippen LogP contribution in [0.4, 0.5) is 4.79 Å². The van der Waals surface area contributed by atoms with Crippen LogP contribution in [0.3, 0.4) is 0 Å². The van der Waals surface area contributed by atoms with Crippen molar-refractivity contribution in [3.05, 3.63) is 23.7 Å². The first kappa shape index (κ1) is 27.9. The summed E-state index contributed by atoms with van der Waals surface area (Å²) in [5.74, 6) is -0.0368. The maximum absolute atomic E-state index is 12.3. The lowest BCUT2D eigenvalue weighted by Crippen LogP contribution is -2.56. The third kappa shape index (κ3) is 8.44. The lowest BCUT2D eigenvalue weighted by molar-refractivity contribution is -0.145. The lowest BCUT2D eigenvalue weighted by Gasteiger charge is -2.35. The van der Waals surface area contributed by atoms with E-state index in [0.717, 1.165) is 55.5 Å². The summed E-state index contributed by atoms with van der Waals surface area (Å²) in [6.07, 6.45) is 7.51. The van der Waals surface area contributed by atoms with E-state index in [0.29, 0.717) is 19.1 Å². The number of nitrogens with one attached hydrogen (secondary N) is 2. The summed E-state index contributed by atoms with van der Waals surface area (Å²) in [4.78, 5) is 32.6. The van der Waals surface area contributed by atoms with Gasteiger partial charge in [0.25, 0.3) is 0 Å². The van der Waals surface area contributed by atoms with Crippen molar-refractivity contribution >= 4 is 17.6 Å². The molecule has 1 saturated heterocycles. The van der Waals surface area contributed by atoms with E-state index in [1.807, 2.05) is 27.7 Å². The molecule has 1 aliphatic heterocycles. The Balaban J connectivity index is 1.55. The summed E-state index contributed by atoms with van der Waals surface area (Å²) in [6, 6.07) is -0.00388. The highest BCUT2D eigenvalue weighted by Gasteiger charge is 2.30. The summed E-state index contributed by atoms with van der Waals surface area (Å²) in [5.41, 5.74) is 2.19. The second kappa shape index (κ2) is 13.0. The average molecular weight is 505 g/mol. The number of piperidine rings is 1. The zero-order valence-corrected chi connectivity index (χ0v) is 22.1. The number of carbonyl (C=O) groups excluding carboxylic acids is 2. The number of hydrogen-bond donors (Lipinski definition) is 2. The number of rotatable bonds is 9. The molecule has 3 rings (SSSR count). The first-order valence-corrected chi connectivity index (χ1v) is 12.8. The molecule has 10 nitrogen and oxygen atoms in total. The molecule has 0 bridgehead atoms. The Labute approximate surface area is 213 Å². The highest BCUT2D eigenvalue weighted by atomic mass is 16.6. The molecule has 2 N–H and O–H groups in total. The average Bonchev–Trinajstić information content (AvgIpc) is 2.82. The molecule has 1 fully saturated rings. The molecule has 2 heterocycles. The van der Waals surface area contributed by atoms with Gasteiger partial charge in [0, 0.05) is 6.04 Å². The maximum Gasteiger partial charge on any atom is 0.407 e. The smallest absolute Gasteiger partial charge is 0.407 e. The van der Waals surface area contributed by atoms with Gasteiger partial charge in [0.1, 0.15) is 11.9 Å². The number of ether oxygens (including phenoxy) is 4. The SMILES string of the molecule is CCOC(=O)COc1ncnc(C)c1C1=CCC(OC[C@@H]2NCCC[C@@H]2NC(=O)OC(C)(C)C)CC1. The number of carbonyl (C=O) groups is 2. The topological polar surface area (TPSA) is 121 Å². The van der Waals surface area contributed by atoms with Gasteiger partial charge in [-0.3, -0.25) is 0 Å². The van der Waals surface area contributed by atoms with E-state index in [4.69, 9.17) is 18.9 Å². The Morgan fingerprint density at radius 3 is 2.72 bits per heavy atom. The fourth-order valence-corrected chi connectivity index (χ4v) is 4.45. The van der Waals surface area contributed by atoms with Crippen LogP contribution in [0.1, 0.15) is 71.1 Å². The fraction of sp³-hybridized carbons (Fsp3) is 0.692. The van der Waals surface area contributed by atoms with Crippen molar-refractivity contribution in [1.82, 2.24) is 20.6 Å². The van der Waals surface area contributed by atoms with Crippen molar-refractivity contribution in [3.8, 4) is 5.88 Å². The van der Waals surface area contributed by atoms with Gasteiger partial charge >= 0.3 is 12.1 Å². The molecule has 3 atom stereocenters. The van der Waals surface area contributed by atoms with Crippen LogP contribution < -0.4 is 15.4 Å². The van der Waals surface area contributed by atoms with Gasteiger partial charge in [-0.15, -0.1) is 0 Å². The van der Waals surface area contributed by atoms with Gasteiger partial charge < -0.3 is 29.6 Å². The Morgan fingerprint density at radius 1 is 1.22 bits per heavy atom. The van der Waals surface area contributed by atoms with Gasteiger partial charge in [0.2, 0.25) is 5.88 Å². The van der Waals surface area contributed by atoms with Crippen LogP contribution in [0, 0.1) is 6.92 Å². The maximum atomic E-state index is 12.3. The van der Waals surface area contributed by atoms with Crippen LogP contribution in [0.5, 0.6) is 5.88 Å². The number of aryl methyl sites for hydroxylation is 1. The highest BCUT2D eigenvalue weighted by molar-refractivity contribution is 5.73. The van der Waals surface area contributed by atoms with E-state index >= 15 is 0 Å². The first-order chi connectivity index (χ1) is 17.2. The van der Waals surface area contributed by atoms with E-state index < -0.39 is 17.7 Å². The number of amides is 1. The van der Waals surface area contributed by atoms with Gasteiger partial charge in [0.05, 0.1) is 36.6 Å². The highest BCUT2D eigenvalue weighted by Crippen LogP contribution is 2.34. The molecular formula is C26H40N4O6. The van der Waals surface area contributed by atoms with Gasteiger partial charge in [-0.2, -0.15) is 0 Å². The second-order valence-electron chi connectivity index (χ2n) is 10.1. The molecule has 0 spiro atoms. The predicted molar refractivity (Wildman–Crippen MR) is 135 cm³/mol. The zero-order chi connectivity index (χ0) is 26.1. The van der Waals surface area contributed by atoms with Crippen LogP contribution in [0.15, 0.2) is 12.4 Å². The zero-order valence-electron chi connectivity index (χ0n) is 22.1. The van der Waals surface area contributed by atoms with Crippen LogP contribution in [-0.4, -0.2) is 72.2 Å². The molecule has 1 aromatic heterocycles. The van der Waals surface area contributed by atoms with Crippen LogP contribution in [-0.2, 0) is 19.0 Å². The number of aromatic nitrogens is 2. The molecule has 0 saturated carbocycles. The molecule has 1 aromatic rings. The minimum Gasteiger partial charge on any atom is -0.465 e. The molecular weight excluding hydrogens is 464 g/mol. The molecule has 0 radical (unpaired) electrons. The molecule has 1 amide bonds. The monoisotopic (exact) mass is 504 g/mol. The lowest BCUT2D eigenvalue weighted by atomic mass is 9.91. The molecule has 0 aromatic carbocycles. The van der Waals surface area contributed by atoms with E-state index in [2.05, 4.69) is 26.7 Å². The summed E-state index contributed by atoms with van der Waals surface area (Å²) in [7, 11) is 0. The number of nitrogens with zero attached hydrogens (tertiary/aromatic N) is 2. The number of allylic oxidation sites excluding steroid dienone is 1. The van der Waals surface area contributed by atoms with E-state index in [9.17, 15) is 9.59 Å². The standard InChI is InChI=1S/C26H40N4O6/c1-6-33-22(31)15-35-24-23(17(2)28-16-29-24)18-9-11-19(12-10-18)34-14-21-20(8-7-13-27-21)30-25(32)36-26(3,4)5/h9,16,19-21,27H,6-8,10-15H2,1-5H3,(H,30,32)/t19?,20-,21-/m0/s1. The molecule has 36 heavy (non-hydrogen) atoms. The molecule has 200 valence electrons. The van der Waals surface area contributed by atoms with Crippen molar-refractivity contribution < 1.29 is 28.5 Å². The van der Waals surface area contributed by atoms with Crippen LogP contribution >= 0.6 is 0 Å². The van der Waals surface area contributed by atoms with Gasteiger partial charge in [-0.05, 0) is 78.8 Å². The van der Waals surface area contributed by atoms with Crippen molar-refractivity contribution in [2.75, 3.05) is 26.4 Å². The van der Waals surface area contributed by atoms with E-state index in [1.165, 1.54) is 6.33 Å².